The van der Waals surface area contributed by atoms with Gasteiger partial charge in [-0.15, -0.1) is 11.3 Å². The van der Waals surface area contributed by atoms with E-state index in [1.165, 1.54) is 11.3 Å². The largest absolute Gasteiger partial charge is 0.388 e. The van der Waals surface area contributed by atoms with Crippen molar-refractivity contribution in [3.8, 4) is 0 Å². The smallest absolute Gasteiger partial charge is 0.225 e. The van der Waals surface area contributed by atoms with Gasteiger partial charge in [0, 0.05) is 21.9 Å². The van der Waals surface area contributed by atoms with Crippen LogP contribution in [0.4, 0.5) is 0 Å². The summed E-state index contributed by atoms with van der Waals surface area (Å²) in [6, 6.07) is 7.21. The summed E-state index contributed by atoms with van der Waals surface area (Å²) in [4.78, 5) is 12.5. The van der Waals surface area contributed by atoms with Crippen LogP contribution in [0.2, 0.25) is 5.02 Å². The minimum Gasteiger partial charge on any atom is -0.388 e. The third kappa shape index (κ3) is 3.03. The lowest BCUT2D eigenvalue weighted by molar-refractivity contribution is -0.362. The third-order valence-electron chi connectivity index (χ3n) is 5.16. The number of thiophene rings is 1. The Hall–Kier alpha value is -1.32. The minimum atomic E-state index is -1.55. The molecule has 1 saturated heterocycles. The topological polar surface area (TPSA) is 96.2 Å². The number of rotatable bonds is 3. The Morgan fingerprint density at radius 3 is 2.78 bits per heavy atom. The highest BCUT2D eigenvalue weighted by Crippen LogP contribution is 2.47. The molecule has 1 spiro atoms. The van der Waals surface area contributed by atoms with E-state index in [1.807, 2.05) is 12.1 Å². The lowest BCUT2D eigenvalue weighted by atomic mass is 9.87. The first kappa shape index (κ1) is 19.0. The van der Waals surface area contributed by atoms with E-state index in [9.17, 15) is 20.1 Å². The van der Waals surface area contributed by atoms with E-state index >= 15 is 0 Å². The number of aliphatic hydroxyl groups excluding tert-OH is 3. The summed E-state index contributed by atoms with van der Waals surface area (Å²) in [5.41, 5.74) is 2.15. The Morgan fingerprint density at radius 1 is 1.30 bits per heavy atom. The van der Waals surface area contributed by atoms with Crippen molar-refractivity contribution >= 4 is 29.2 Å². The first-order valence-corrected chi connectivity index (χ1v) is 9.77. The predicted octanol–water partition coefficient (Wildman–Crippen LogP) is 1.99. The van der Waals surface area contributed by atoms with Gasteiger partial charge in [-0.2, -0.15) is 0 Å². The fraction of sp³-hybridized carbons (Fsp3) is 0.421. The zero-order valence-electron chi connectivity index (χ0n) is 14.5. The van der Waals surface area contributed by atoms with Gasteiger partial charge >= 0.3 is 0 Å². The summed E-state index contributed by atoms with van der Waals surface area (Å²) < 4.78 is 11.6. The molecule has 3 heterocycles. The van der Waals surface area contributed by atoms with Crippen molar-refractivity contribution in [3.05, 3.63) is 55.7 Å². The van der Waals surface area contributed by atoms with Gasteiger partial charge in [-0.3, -0.25) is 4.79 Å². The number of benzene rings is 1. The number of hydrogen-bond donors (Lipinski definition) is 3. The summed E-state index contributed by atoms with van der Waals surface area (Å²) in [5.74, 6) is -1.55. The fourth-order valence-corrected chi connectivity index (χ4v) is 4.79. The van der Waals surface area contributed by atoms with Crippen LogP contribution in [0.1, 0.15) is 38.2 Å². The van der Waals surface area contributed by atoms with Crippen LogP contribution in [0.25, 0.3) is 0 Å². The maximum absolute atomic E-state index is 10.9. The fourth-order valence-electron chi connectivity index (χ4n) is 3.69. The second kappa shape index (κ2) is 6.93. The average molecular weight is 411 g/mol. The highest BCUT2D eigenvalue weighted by atomic mass is 35.5. The van der Waals surface area contributed by atoms with Crippen LogP contribution in [-0.4, -0.2) is 46.0 Å². The van der Waals surface area contributed by atoms with Crippen molar-refractivity contribution in [1.82, 2.24) is 0 Å². The first-order chi connectivity index (χ1) is 12.9. The van der Waals surface area contributed by atoms with Crippen LogP contribution in [0, 0.1) is 0 Å². The van der Waals surface area contributed by atoms with Crippen LogP contribution in [-0.2, 0) is 28.3 Å². The molecule has 2 aromatic rings. The molecule has 0 bridgehead atoms. The van der Waals surface area contributed by atoms with Crippen molar-refractivity contribution in [2.45, 2.75) is 50.2 Å². The molecule has 2 aliphatic heterocycles. The molecule has 0 unspecified atom stereocenters. The molecule has 0 amide bonds. The number of ether oxygens (including phenoxy) is 2. The van der Waals surface area contributed by atoms with Gasteiger partial charge < -0.3 is 24.8 Å². The van der Waals surface area contributed by atoms with Gasteiger partial charge in [0.2, 0.25) is 5.79 Å². The van der Waals surface area contributed by atoms with Crippen LogP contribution in [0.15, 0.2) is 24.3 Å². The Bertz CT molecular complexity index is 883. The number of aliphatic hydroxyl groups is 3. The van der Waals surface area contributed by atoms with E-state index in [-0.39, 0.29) is 6.61 Å². The zero-order valence-corrected chi connectivity index (χ0v) is 16.0. The molecule has 4 rings (SSSR count). The Morgan fingerprint density at radius 2 is 2.07 bits per heavy atom. The lowest BCUT2D eigenvalue weighted by Crippen LogP contribution is -2.62. The molecule has 27 heavy (non-hydrogen) atoms. The van der Waals surface area contributed by atoms with Gasteiger partial charge in [0.1, 0.15) is 18.3 Å². The lowest BCUT2D eigenvalue weighted by Gasteiger charge is -2.45. The van der Waals surface area contributed by atoms with Crippen LogP contribution in [0.3, 0.4) is 0 Å². The highest BCUT2D eigenvalue weighted by molar-refractivity contribution is 7.13. The molecule has 3 N–H and O–H groups in total. The molecule has 5 atom stereocenters. The standard InChI is InChI=1S/C19H19ClO6S/c1-9-16(22)17(23)18(24)19(26-9)14-5-10(15(20)6-11(14)8-25-19)4-12-2-3-13(7-21)27-12/h2-3,5-7,9,16-18,22-24H,4,8H2,1H3/t9-,16-,17+,18-,19+/m1/s1. The Balaban J connectivity index is 1.73. The van der Waals surface area contributed by atoms with Gasteiger partial charge in [0.05, 0.1) is 17.6 Å². The van der Waals surface area contributed by atoms with E-state index < -0.39 is 30.2 Å². The van der Waals surface area contributed by atoms with Crippen molar-refractivity contribution in [2.24, 2.45) is 0 Å². The van der Waals surface area contributed by atoms with E-state index in [2.05, 4.69) is 0 Å². The zero-order chi connectivity index (χ0) is 19.3. The molecule has 1 fully saturated rings. The maximum Gasteiger partial charge on any atom is 0.225 e. The Labute approximate surface area is 164 Å². The molecule has 0 aliphatic carbocycles. The summed E-state index contributed by atoms with van der Waals surface area (Å²) in [7, 11) is 0. The van der Waals surface area contributed by atoms with Crippen molar-refractivity contribution in [3.63, 3.8) is 0 Å². The molecular weight excluding hydrogens is 392 g/mol. The van der Waals surface area contributed by atoms with E-state index in [4.69, 9.17) is 21.1 Å². The second-order valence-corrected chi connectivity index (χ2v) is 8.51. The number of hydrogen-bond acceptors (Lipinski definition) is 7. The average Bonchev–Trinajstić information content (AvgIpc) is 3.24. The van der Waals surface area contributed by atoms with Crippen LogP contribution < -0.4 is 0 Å². The maximum atomic E-state index is 10.9. The van der Waals surface area contributed by atoms with Crippen LogP contribution >= 0.6 is 22.9 Å². The Kier molecular flexibility index (Phi) is 4.88. The monoisotopic (exact) mass is 410 g/mol. The van der Waals surface area contributed by atoms with Gasteiger partial charge in [-0.25, -0.2) is 0 Å². The molecule has 1 aromatic carbocycles. The third-order valence-corrected chi connectivity index (χ3v) is 6.52. The molecule has 1 aromatic heterocycles. The summed E-state index contributed by atoms with van der Waals surface area (Å²) in [6.45, 7) is 1.79. The molecule has 6 nitrogen and oxygen atoms in total. The number of carbonyl (C=O) groups excluding carboxylic acids is 1. The predicted molar refractivity (Wildman–Crippen MR) is 99.0 cm³/mol. The molecule has 0 radical (unpaired) electrons. The highest BCUT2D eigenvalue weighted by Gasteiger charge is 2.57. The minimum absolute atomic E-state index is 0.177. The quantitative estimate of drug-likeness (QED) is 0.670. The molecule has 0 saturated carbocycles. The van der Waals surface area contributed by atoms with E-state index in [0.29, 0.717) is 21.9 Å². The summed E-state index contributed by atoms with van der Waals surface area (Å²) in [5, 5.41) is 31.4. The molecule has 2 aliphatic rings. The first-order valence-electron chi connectivity index (χ1n) is 8.57. The number of halogens is 1. The van der Waals surface area contributed by atoms with Gasteiger partial charge in [0.25, 0.3) is 0 Å². The summed E-state index contributed by atoms with van der Waals surface area (Å²) in [6.07, 6.45) is -3.45. The SMILES string of the molecule is C[C@H]1O[C@]2(OCc3cc(Cl)c(Cc4ccc(C=O)s4)cc32)[C@H](O)[C@@H](O)[C@@H]1O. The van der Waals surface area contributed by atoms with Crippen molar-refractivity contribution < 1.29 is 29.6 Å². The van der Waals surface area contributed by atoms with Crippen molar-refractivity contribution in [1.29, 1.82) is 0 Å². The molecular formula is C19H19ClO6S. The molecule has 8 heteroatoms. The van der Waals surface area contributed by atoms with Gasteiger partial charge in [-0.1, -0.05) is 11.6 Å². The van der Waals surface area contributed by atoms with Gasteiger partial charge in [-0.05, 0) is 42.3 Å². The normalized spacial score (nSPS) is 32.6. The summed E-state index contributed by atoms with van der Waals surface area (Å²) >= 11 is 7.82. The van der Waals surface area contributed by atoms with Gasteiger partial charge in [0.15, 0.2) is 6.29 Å². The van der Waals surface area contributed by atoms with Crippen LogP contribution in [0.5, 0.6) is 0 Å². The second-order valence-electron chi connectivity index (χ2n) is 6.90. The molecule has 144 valence electrons. The van der Waals surface area contributed by atoms with E-state index in [0.717, 1.165) is 22.3 Å². The number of carbonyl (C=O) groups is 1. The number of fused-ring (bicyclic) bond motifs is 2. The number of aldehydes is 1. The van der Waals surface area contributed by atoms with Crippen molar-refractivity contribution in [2.75, 3.05) is 0 Å². The van der Waals surface area contributed by atoms with E-state index in [1.54, 1.807) is 19.1 Å².